The molecule has 0 amide bonds. The van der Waals surface area contributed by atoms with E-state index in [4.69, 9.17) is 0 Å². The van der Waals surface area contributed by atoms with Gasteiger partial charge < -0.3 is 5.32 Å². The Morgan fingerprint density at radius 2 is 1.95 bits per heavy atom. The van der Waals surface area contributed by atoms with Gasteiger partial charge >= 0.3 is 0 Å². The molecular formula is C14H18N4O2. The van der Waals surface area contributed by atoms with Crippen molar-refractivity contribution in [3.05, 3.63) is 52.3 Å². The summed E-state index contributed by atoms with van der Waals surface area (Å²) in [6.45, 7) is 6.91. The smallest absolute Gasteiger partial charge is 0.269 e. The molecule has 1 heterocycles. The van der Waals surface area contributed by atoms with Gasteiger partial charge in [0, 0.05) is 36.1 Å². The van der Waals surface area contributed by atoms with Crippen molar-refractivity contribution in [3.8, 4) is 0 Å². The van der Waals surface area contributed by atoms with Crippen molar-refractivity contribution in [1.82, 2.24) is 9.78 Å². The molecule has 0 spiro atoms. The first-order valence-corrected chi connectivity index (χ1v) is 6.38. The predicted octanol–water partition coefficient (Wildman–Crippen LogP) is 3.16. The fourth-order valence-corrected chi connectivity index (χ4v) is 1.72. The van der Waals surface area contributed by atoms with Crippen molar-refractivity contribution in [3.63, 3.8) is 0 Å². The lowest BCUT2D eigenvalue weighted by Crippen LogP contribution is -2.21. The van der Waals surface area contributed by atoms with Gasteiger partial charge in [-0.1, -0.05) is 0 Å². The zero-order chi connectivity index (χ0) is 14.8. The van der Waals surface area contributed by atoms with E-state index in [9.17, 15) is 10.1 Å². The fraction of sp³-hybridized carbons (Fsp3) is 0.357. The first-order chi connectivity index (χ1) is 9.36. The van der Waals surface area contributed by atoms with Crippen molar-refractivity contribution < 1.29 is 4.92 Å². The van der Waals surface area contributed by atoms with Crippen molar-refractivity contribution in [2.45, 2.75) is 32.9 Å². The van der Waals surface area contributed by atoms with E-state index < -0.39 is 4.92 Å². The Bertz CT molecular complexity index is 596. The molecule has 0 unspecified atom stereocenters. The summed E-state index contributed by atoms with van der Waals surface area (Å²) in [4.78, 5) is 10.2. The molecule has 0 aliphatic rings. The van der Waals surface area contributed by atoms with E-state index in [1.54, 1.807) is 12.1 Å². The topological polar surface area (TPSA) is 73.0 Å². The fourth-order valence-electron chi connectivity index (χ4n) is 1.72. The lowest BCUT2D eigenvalue weighted by molar-refractivity contribution is -0.384. The second kappa shape index (κ2) is 5.32. The molecule has 0 atom stereocenters. The Morgan fingerprint density at radius 3 is 2.45 bits per heavy atom. The minimum atomic E-state index is -0.406. The van der Waals surface area contributed by atoms with Crippen molar-refractivity contribution in [2.75, 3.05) is 5.32 Å². The van der Waals surface area contributed by atoms with Gasteiger partial charge in [-0.3, -0.25) is 14.8 Å². The minimum absolute atomic E-state index is 0.0361. The Balaban J connectivity index is 1.98. The normalized spacial score (nSPS) is 11.3. The van der Waals surface area contributed by atoms with Crippen LogP contribution in [0.15, 0.2) is 36.7 Å². The number of rotatable bonds is 4. The number of anilines is 1. The van der Waals surface area contributed by atoms with E-state index in [0.29, 0.717) is 6.54 Å². The van der Waals surface area contributed by atoms with Gasteiger partial charge in [0.25, 0.3) is 5.69 Å². The van der Waals surface area contributed by atoms with Crippen LogP contribution in [0.25, 0.3) is 0 Å². The van der Waals surface area contributed by atoms with E-state index >= 15 is 0 Å². The number of nitro groups is 1. The molecule has 0 aliphatic carbocycles. The highest BCUT2D eigenvalue weighted by Crippen LogP contribution is 2.17. The van der Waals surface area contributed by atoms with Gasteiger partial charge in [0.15, 0.2) is 0 Å². The molecule has 6 nitrogen and oxygen atoms in total. The van der Waals surface area contributed by atoms with Gasteiger partial charge in [0.2, 0.25) is 0 Å². The molecular weight excluding hydrogens is 256 g/mol. The molecule has 1 aromatic carbocycles. The van der Waals surface area contributed by atoms with Crippen molar-refractivity contribution in [2.24, 2.45) is 0 Å². The highest BCUT2D eigenvalue weighted by molar-refractivity contribution is 5.48. The molecule has 0 saturated heterocycles. The van der Waals surface area contributed by atoms with Crippen LogP contribution in [0.2, 0.25) is 0 Å². The number of nitrogens with zero attached hydrogens (tertiary/aromatic N) is 3. The number of aromatic nitrogens is 2. The van der Waals surface area contributed by atoms with Crippen molar-refractivity contribution >= 4 is 11.4 Å². The SMILES string of the molecule is CC(C)(C)n1cc(CNc2ccc([N+](=O)[O-])cc2)cn1. The summed E-state index contributed by atoms with van der Waals surface area (Å²) in [7, 11) is 0. The van der Waals surface area contributed by atoms with E-state index in [-0.39, 0.29) is 11.2 Å². The Morgan fingerprint density at radius 1 is 1.30 bits per heavy atom. The molecule has 20 heavy (non-hydrogen) atoms. The van der Waals surface area contributed by atoms with Crippen LogP contribution in [-0.4, -0.2) is 14.7 Å². The largest absolute Gasteiger partial charge is 0.381 e. The third-order valence-electron chi connectivity index (χ3n) is 2.90. The number of non-ortho nitro benzene ring substituents is 1. The number of nitrogens with one attached hydrogen (secondary N) is 1. The van der Waals surface area contributed by atoms with Gasteiger partial charge in [-0.15, -0.1) is 0 Å². The average molecular weight is 274 g/mol. The highest BCUT2D eigenvalue weighted by Gasteiger charge is 2.13. The predicted molar refractivity (Wildman–Crippen MR) is 77.6 cm³/mol. The lowest BCUT2D eigenvalue weighted by atomic mass is 10.1. The summed E-state index contributed by atoms with van der Waals surface area (Å²) < 4.78 is 1.92. The number of nitro benzene ring substituents is 1. The monoisotopic (exact) mass is 274 g/mol. The number of hydrogen-bond acceptors (Lipinski definition) is 4. The molecule has 1 aromatic heterocycles. The van der Waals surface area contributed by atoms with Crippen LogP contribution in [-0.2, 0) is 12.1 Å². The third-order valence-corrected chi connectivity index (χ3v) is 2.90. The summed E-state index contributed by atoms with van der Waals surface area (Å²) in [6, 6.07) is 6.38. The lowest BCUT2D eigenvalue weighted by Gasteiger charge is -2.18. The summed E-state index contributed by atoms with van der Waals surface area (Å²) >= 11 is 0. The van der Waals surface area contributed by atoms with Crippen LogP contribution in [0.1, 0.15) is 26.3 Å². The van der Waals surface area contributed by atoms with E-state index in [2.05, 4.69) is 31.2 Å². The Kier molecular flexibility index (Phi) is 3.74. The zero-order valence-electron chi connectivity index (χ0n) is 11.8. The highest BCUT2D eigenvalue weighted by atomic mass is 16.6. The minimum Gasteiger partial charge on any atom is -0.381 e. The molecule has 0 aliphatic heterocycles. The van der Waals surface area contributed by atoms with Gasteiger partial charge in [-0.25, -0.2) is 0 Å². The number of hydrogen-bond donors (Lipinski definition) is 1. The summed E-state index contributed by atoms with van der Waals surface area (Å²) in [6.07, 6.45) is 3.82. The second-order valence-corrected chi connectivity index (χ2v) is 5.62. The van der Waals surface area contributed by atoms with Gasteiger partial charge in [-0.05, 0) is 32.9 Å². The van der Waals surface area contributed by atoms with Crippen LogP contribution in [0.5, 0.6) is 0 Å². The van der Waals surface area contributed by atoms with E-state index in [1.165, 1.54) is 12.1 Å². The molecule has 6 heteroatoms. The summed E-state index contributed by atoms with van der Waals surface area (Å²) in [5.74, 6) is 0. The molecule has 2 rings (SSSR count). The maximum Gasteiger partial charge on any atom is 0.269 e. The summed E-state index contributed by atoms with van der Waals surface area (Å²) in [5, 5.41) is 18.1. The maximum absolute atomic E-state index is 10.6. The third kappa shape index (κ3) is 3.34. The Labute approximate surface area is 117 Å². The first kappa shape index (κ1) is 14.0. The van der Waals surface area contributed by atoms with Crippen LogP contribution >= 0.6 is 0 Å². The van der Waals surface area contributed by atoms with Gasteiger partial charge in [0.05, 0.1) is 16.7 Å². The van der Waals surface area contributed by atoms with Crippen LogP contribution < -0.4 is 5.32 Å². The second-order valence-electron chi connectivity index (χ2n) is 5.62. The van der Waals surface area contributed by atoms with Crippen LogP contribution in [0, 0.1) is 10.1 Å². The van der Waals surface area contributed by atoms with E-state index in [1.807, 2.05) is 17.1 Å². The van der Waals surface area contributed by atoms with E-state index in [0.717, 1.165) is 11.3 Å². The molecule has 0 saturated carbocycles. The van der Waals surface area contributed by atoms with Crippen LogP contribution in [0.4, 0.5) is 11.4 Å². The Hall–Kier alpha value is -2.37. The summed E-state index contributed by atoms with van der Waals surface area (Å²) in [5.41, 5.74) is 1.97. The zero-order valence-corrected chi connectivity index (χ0v) is 11.8. The van der Waals surface area contributed by atoms with Crippen molar-refractivity contribution in [1.29, 1.82) is 0 Å². The maximum atomic E-state index is 10.6. The first-order valence-electron chi connectivity index (χ1n) is 6.38. The molecule has 2 aromatic rings. The molecule has 0 bridgehead atoms. The molecule has 106 valence electrons. The molecule has 0 fully saturated rings. The molecule has 1 N–H and O–H groups in total. The number of benzene rings is 1. The quantitative estimate of drug-likeness (QED) is 0.686. The average Bonchev–Trinajstić information content (AvgIpc) is 2.85. The van der Waals surface area contributed by atoms with Gasteiger partial charge in [-0.2, -0.15) is 5.10 Å². The van der Waals surface area contributed by atoms with Crippen LogP contribution in [0.3, 0.4) is 0 Å². The molecule has 0 radical (unpaired) electrons. The standard InChI is InChI=1S/C14H18N4O2/c1-14(2,3)17-10-11(9-16-17)8-15-12-4-6-13(7-5-12)18(19)20/h4-7,9-10,15H,8H2,1-3H3. The van der Waals surface area contributed by atoms with Gasteiger partial charge in [0.1, 0.15) is 0 Å².